The first-order valence-electron chi connectivity index (χ1n) is 13.7. The summed E-state index contributed by atoms with van der Waals surface area (Å²) in [7, 11) is 0. The number of benzene rings is 3. The molecule has 0 spiro atoms. The molecule has 0 bridgehead atoms. The Morgan fingerprint density at radius 1 is 0.643 bits per heavy atom. The molecule has 3 heterocycles. The van der Waals surface area contributed by atoms with Gasteiger partial charge in [0.1, 0.15) is 0 Å². The smallest absolute Gasteiger partial charge is 0.442 e. The molecule has 0 radical (unpaired) electrons. The van der Waals surface area contributed by atoms with Crippen LogP contribution in [0.1, 0.15) is 26.3 Å². The minimum atomic E-state index is -0.0786. The minimum Gasteiger partial charge on any atom is -0.442 e. The molecular weight excluding hydrogens is 696 g/mol. The van der Waals surface area contributed by atoms with Gasteiger partial charge in [0.15, 0.2) is 0 Å². The van der Waals surface area contributed by atoms with Crippen molar-refractivity contribution in [3.05, 3.63) is 145 Å². The van der Waals surface area contributed by atoms with Gasteiger partial charge in [0, 0.05) is 11.8 Å². The standard InChI is InChI=1S/C37H30N4.Pt/c1-37(2,3)29-24-31(34-20-12-19-32(40-34)27-15-8-5-9-16-27)36(39-25-29)41-33-18-11-10-17-30(33)35-23-28(21-22-38-35)26-13-6-4-7-14-26;/h4-15,17-25H,1-3H3;/q-2;+2. The summed E-state index contributed by atoms with van der Waals surface area (Å²) in [5.41, 5.74) is 9.41. The first-order chi connectivity index (χ1) is 20.0. The van der Waals surface area contributed by atoms with E-state index in [-0.39, 0.29) is 26.5 Å². The summed E-state index contributed by atoms with van der Waals surface area (Å²) in [5.74, 6) is 0.617. The quantitative estimate of drug-likeness (QED) is 0.161. The molecule has 5 heteroatoms. The van der Waals surface area contributed by atoms with Gasteiger partial charge in [0.05, 0.1) is 11.4 Å². The summed E-state index contributed by atoms with van der Waals surface area (Å²) >= 11 is 0. The second kappa shape index (κ2) is 12.6. The number of para-hydroxylation sites is 1. The fourth-order valence-electron chi connectivity index (χ4n) is 4.72. The Balaban J connectivity index is 0.00000353. The van der Waals surface area contributed by atoms with Crippen molar-refractivity contribution in [3.8, 4) is 44.9 Å². The van der Waals surface area contributed by atoms with E-state index in [2.05, 4.69) is 57.2 Å². The summed E-state index contributed by atoms with van der Waals surface area (Å²) < 4.78 is 0. The molecule has 6 aromatic rings. The van der Waals surface area contributed by atoms with E-state index < -0.39 is 0 Å². The molecule has 0 fully saturated rings. The van der Waals surface area contributed by atoms with Gasteiger partial charge in [0.2, 0.25) is 0 Å². The van der Waals surface area contributed by atoms with Crippen LogP contribution in [0.5, 0.6) is 0 Å². The minimum absolute atomic E-state index is 0. The van der Waals surface area contributed by atoms with Gasteiger partial charge < -0.3 is 10.3 Å². The van der Waals surface area contributed by atoms with E-state index in [1.807, 2.05) is 97.3 Å². The molecule has 0 atom stereocenters. The number of nitrogens with zero attached hydrogens (tertiary/aromatic N) is 4. The molecule has 0 saturated carbocycles. The van der Waals surface area contributed by atoms with Crippen LogP contribution in [0.25, 0.3) is 50.2 Å². The normalized spacial score (nSPS) is 11.0. The maximum atomic E-state index is 5.12. The molecule has 208 valence electrons. The molecule has 0 N–H and O–H groups in total. The Labute approximate surface area is 262 Å². The van der Waals surface area contributed by atoms with Crippen LogP contribution in [0, 0.1) is 6.07 Å². The third-order valence-corrected chi connectivity index (χ3v) is 7.02. The molecular formula is C37H30N4Pt. The van der Waals surface area contributed by atoms with Gasteiger partial charge in [-0.15, -0.1) is 35.9 Å². The summed E-state index contributed by atoms with van der Waals surface area (Å²) in [6.45, 7) is 6.57. The topological polar surface area (TPSA) is 52.8 Å². The van der Waals surface area contributed by atoms with Crippen LogP contribution in [-0.4, -0.2) is 15.0 Å². The van der Waals surface area contributed by atoms with Crippen molar-refractivity contribution in [2.24, 2.45) is 0 Å². The van der Waals surface area contributed by atoms with E-state index in [0.717, 1.165) is 56.1 Å². The summed E-state index contributed by atoms with van der Waals surface area (Å²) in [6.07, 6.45) is 3.78. The summed E-state index contributed by atoms with van der Waals surface area (Å²) in [4.78, 5) is 14.6. The molecule has 42 heavy (non-hydrogen) atoms. The number of pyridine rings is 3. The van der Waals surface area contributed by atoms with Gasteiger partial charge in [-0.1, -0.05) is 93.7 Å². The van der Waals surface area contributed by atoms with Gasteiger partial charge >= 0.3 is 21.1 Å². The van der Waals surface area contributed by atoms with Crippen molar-refractivity contribution in [2.75, 3.05) is 0 Å². The van der Waals surface area contributed by atoms with Crippen molar-refractivity contribution in [1.29, 1.82) is 0 Å². The van der Waals surface area contributed by atoms with E-state index in [1.165, 1.54) is 0 Å². The average Bonchev–Trinajstić information content (AvgIpc) is 3.02. The van der Waals surface area contributed by atoms with Crippen molar-refractivity contribution in [3.63, 3.8) is 0 Å². The zero-order valence-electron chi connectivity index (χ0n) is 23.7. The van der Waals surface area contributed by atoms with Crippen molar-refractivity contribution in [2.45, 2.75) is 26.2 Å². The Morgan fingerprint density at radius 2 is 1.40 bits per heavy atom. The predicted molar refractivity (Wildman–Crippen MR) is 168 cm³/mol. The molecule has 4 nitrogen and oxygen atoms in total. The van der Waals surface area contributed by atoms with Crippen molar-refractivity contribution < 1.29 is 21.1 Å². The molecule has 0 aliphatic carbocycles. The molecule has 6 rings (SSSR count). The second-order valence-corrected chi connectivity index (χ2v) is 11.0. The summed E-state index contributed by atoms with van der Waals surface area (Å²) in [6, 6.07) is 42.0. The Morgan fingerprint density at radius 3 is 2.19 bits per heavy atom. The monoisotopic (exact) mass is 725 g/mol. The van der Waals surface area contributed by atoms with Gasteiger partial charge in [-0.3, -0.25) is 9.97 Å². The van der Waals surface area contributed by atoms with Crippen LogP contribution in [0.4, 0.5) is 11.5 Å². The first kappa shape index (κ1) is 29.1. The number of rotatable bonds is 6. The molecule has 3 aromatic carbocycles. The maximum Gasteiger partial charge on any atom is 2.00 e. The molecule has 3 aromatic heterocycles. The number of hydrogen-bond acceptors (Lipinski definition) is 3. The van der Waals surface area contributed by atoms with Gasteiger partial charge in [-0.2, -0.15) is 0 Å². The van der Waals surface area contributed by atoms with E-state index in [9.17, 15) is 0 Å². The fraction of sp³-hybridized carbons (Fsp3) is 0.108. The van der Waals surface area contributed by atoms with Crippen LogP contribution >= 0.6 is 0 Å². The van der Waals surface area contributed by atoms with E-state index in [4.69, 9.17) is 20.3 Å². The summed E-state index contributed by atoms with van der Waals surface area (Å²) in [5, 5.41) is 5.12. The van der Waals surface area contributed by atoms with Crippen LogP contribution in [-0.2, 0) is 26.5 Å². The largest absolute Gasteiger partial charge is 2.00 e. The molecule has 0 amide bonds. The van der Waals surface area contributed by atoms with E-state index in [1.54, 1.807) is 0 Å². The van der Waals surface area contributed by atoms with Crippen LogP contribution in [0.3, 0.4) is 0 Å². The predicted octanol–water partition coefficient (Wildman–Crippen LogP) is 9.97. The first-order valence-corrected chi connectivity index (χ1v) is 13.7. The van der Waals surface area contributed by atoms with Gasteiger partial charge in [-0.05, 0) is 69.1 Å². The zero-order chi connectivity index (χ0) is 28.2. The molecule has 0 aliphatic heterocycles. The maximum absolute atomic E-state index is 5.12. The molecule has 0 unspecified atom stereocenters. The Kier molecular flexibility index (Phi) is 8.75. The van der Waals surface area contributed by atoms with Crippen LogP contribution in [0.15, 0.2) is 128 Å². The van der Waals surface area contributed by atoms with E-state index in [0.29, 0.717) is 5.82 Å². The third-order valence-electron chi connectivity index (χ3n) is 7.02. The third kappa shape index (κ3) is 6.40. The number of hydrogen-bond donors (Lipinski definition) is 0. The fourth-order valence-corrected chi connectivity index (χ4v) is 4.72. The second-order valence-electron chi connectivity index (χ2n) is 11.0. The van der Waals surface area contributed by atoms with Crippen molar-refractivity contribution in [1.82, 2.24) is 15.0 Å². The average molecular weight is 726 g/mol. The molecule has 0 saturated heterocycles. The zero-order valence-corrected chi connectivity index (χ0v) is 26.0. The van der Waals surface area contributed by atoms with Crippen LogP contribution < -0.4 is 0 Å². The number of aromatic nitrogens is 3. The Bertz CT molecular complexity index is 1790. The Hall–Kier alpha value is -4.40. The SMILES string of the molecule is CC(C)(C)c1cnc([N-]c2ccccc2-c2cc(-c3ccccc3)ccn2)c(-c2cccc(-c3[c-]cccc3)n2)c1.[Pt+2]. The van der Waals surface area contributed by atoms with Crippen LogP contribution in [0.2, 0.25) is 0 Å². The van der Waals surface area contributed by atoms with Gasteiger partial charge in [0.25, 0.3) is 0 Å². The van der Waals surface area contributed by atoms with E-state index >= 15 is 0 Å². The van der Waals surface area contributed by atoms with Gasteiger partial charge in [-0.25, -0.2) is 0 Å². The van der Waals surface area contributed by atoms with Crippen molar-refractivity contribution >= 4 is 11.5 Å². The molecule has 0 aliphatic rings.